The van der Waals surface area contributed by atoms with Crippen LogP contribution in [0.3, 0.4) is 0 Å². The van der Waals surface area contributed by atoms with E-state index in [2.05, 4.69) is 16.2 Å². The summed E-state index contributed by atoms with van der Waals surface area (Å²) in [7, 11) is 1.95. The summed E-state index contributed by atoms with van der Waals surface area (Å²) in [6.45, 7) is 3.76. The summed E-state index contributed by atoms with van der Waals surface area (Å²) in [5, 5.41) is 3.33. The highest BCUT2D eigenvalue weighted by Gasteiger charge is 2.31. The highest BCUT2D eigenvalue weighted by molar-refractivity contribution is 6.31. The molecule has 0 saturated heterocycles. The third kappa shape index (κ3) is 3.48. The third-order valence-corrected chi connectivity index (χ3v) is 4.13. The van der Waals surface area contributed by atoms with E-state index in [-0.39, 0.29) is 5.91 Å². The van der Waals surface area contributed by atoms with Gasteiger partial charge in [-0.2, -0.15) is 0 Å². The Hall–Kier alpha value is -1.73. The highest BCUT2D eigenvalue weighted by atomic mass is 35.5. The van der Waals surface area contributed by atoms with Crippen LogP contribution in [0, 0.1) is 12.3 Å². The lowest BCUT2D eigenvalue weighted by Gasteiger charge is -2.25. The van der Waals surface area contributed by atoms with Crippen molar-refractivity contribution < 1.29 is 4.79 Å². The molecule has 1 amide bonds. The Morgan fingerprint density at radius 2 is 2.33 bits per heavy atom. The Labute approximate surface area is 130 Å². The minimum Gasteiger partial charge on any atom is -0.356 e. The Bertz CT molecular complexity index is 592. The van der Waals surface area contributed by atoms with Crippen LogP contribution in [0.1, 0.15) is 43.5 Å². The van der Waals surface area contributed by atoms with Crippen LogP contribution in [0.25, 0.3) is 0 Å². The summed E-state index contributed by atoms with van der Waals surface area (Å²) in [5.41, 5.74) is -0.207. The Morgan fingerprint density at radius 3 is 2.86 bits per heavy atom. The van der Waals surface area contributed by atoms with Crippen molar-refractivity contribution in [3.05, 3.63) is 22.8 Å². The molecule has 1 aromatic heterocycles. The topological polar surface area (TPSA) is 45.2 Å². The van der Waals surface area contributed by atoms with Crippen LogP contribution in [0.5, 0.6) is 0 Å². The maximum absolute atomic E-state index is 12.6. The lowest BCUT2D eigenvalue weighted by atomic mass is 9.99. The molecule has 1 aliphatic carbocycles. The number of terminal acetylenes is 1. The molecule has 5 heteroatoms. The summed E-state index contributed by atoms with van der Waals surface area (Å²) >= 11 is 6.00. The monoisotopic (exact) mass is 305 g/mol. The van der Waals surface area contributed by atoms with Crippen molar-refractivity contribution in [3.63, 3.8) is 0 Å². The van der Waals surface area contributed by atoms with Gasteiger partial charge in [0.25, 0.3) is 5.91 Å². The second kappa shape index (κ2) is 5.95. The number of hydrogen-bond donors (Lipinski definition) is 1. The number of nitrogens with zero attached hydrogens (tertiary/aromatic N) is 2. The standard InChI is InChI=1S/C16H20ClN3O/c1-5-16(3,6-2)19-15(21)13-9-11(17)10-18-14(13)20(4)12-7-8-12/h1,9-10,12H,6-8H2,2-4H3,(H,19,21). The summed E-state index contributed by atoms with van der Waals surface area (Å²) in [5.74, 6) is 3.04. The van der Waals surface area contributed by atoms with Gasteiger partial charge in [0.05, 0.1) is 16.1 Å². The molecule has 1 heterocycles. The van der Waals surface area contributed by atoms with Gasteiger partial charge in [0.1, 0.15) is 5.82 Å². The largest absolute Gasteiger partial charge is 0.356 e. The molecule has 112 valence electrons. The van der Waals surface area contributed by atoms with Gasteiger partial charge in [-0.3, -0.25) is 4.79 Å². The predicted molar refractivity (Wildman–Crippen MR) is 85.7 cm³/mol. The first kappa shape index (κ1) is 15.7. The fourth-order valence-corrected chi connectivity index (χ4v) is 2.22. The molecule has 1 unspecified atom stereocenters. The van der Waals surface area contributed by atoms with E-state index >= 15 is 0 Å². The van der Waals surface area contributed by atoms with Crippen molar-refractivity contribution in [1.82, 2.24) is 10.3 Å². The number of rotatable bonds is 5. The van der Waals surface area contributed by atoms with Crippen LogP contribution in [0.4, 0.5) is 5.82 Å². The van der Waals surface area contributed by atoms with E-state index in [1.807, 2.05) is 25.8 Å². The van der Waals surface area contributed by atoms with Gasteiger partial charge in [0.15, 0.2) is 0 Å². The van der Waals surface area contributed by atoms with Gasteiger partial charge in [0.2, 0.25) is 0 Å². The maximum atomic E-state index is 12.6. The van der Waals surface area contributed by atoms with Crippen molar-refractivity contribution in [2.75, 3.05) is 11.9 Å². The molecule has 0 radical (unpaired) electrons. The van der Waals surface area contributed by atoms with Gasteiger partial charge in [-0.05, 0) is 32.3 Å². The van der Waals surface area contributed by atoms with Crippen molar-refractivity contribution >= 4 is 23.3 Å². The van der Waals surface area contributed by atoms with Crippen LogP contribution in [0.2, 0.25) is 5.02 Å². The fourth-order valence-electron chi connectivity index (χ4n) is 2.06. The third-order valence-electron chi connectivity index (χ3n) is 3.92. The van der Waals surface area contributed by atoms with Crippen LogP contribution in [-0.2, 0) is 0 Å². The number of carbonyl (C=O) groups is 1. The zero-order valence-corrected chi connectivity index (χ0v) is 13.4. The summed E-state index contributed by atoms with van der Waals surface area (Å²) < 4.78 is 0. The molecule has 2 rings (SSSR count). The first-order valence-electron chi connectivity index (χ1n) is 7.09. The lowest BCUT2D eigenvalue weighted by Crippen LogP contribution is -2.44. The second-order valence-corrected chi connectivity index (χ2v) is 6.09. The van der Waals surface area contributed by atoms with E-state index in [0.717, 1.165) is 12.8 Å². The van der Waals surface area contributed by atoms with Crippen LogP contribution < -0.4 is 10.2 Å². The predicted octanol–water partition coefficient (Wildman–Crippen LogP) is 2.87. The molecule has 0 bridgehead atoms. The molecule has 1 aromatic rings. The normalized spacial score (nSPS) is 16.7. The fraction of sp³-hybridized carbons (Fsp3) is 0.500. The molecule has 1 N–H and O–H groups in total. The van der Waals surface area contributed by atoms with Crippen molar-refractivity contribution in [1.29, 1.82) is 0 Å². The molecule has 1 fully saturated rings. The zero-order valence-electron chi connectivity index (χ0n) is 12.6. The first-order valence-corrected chi connectivity index (χ1v) is 7.46. The lowest BCUT2D eigenvalue weighted by molar-refractivity contribution is 0.0924. The molecule has 1 aliphatic rings. The van der Waals surface area contributed by atoms with E-state index in [9.17, 15) is 4.79 Å². The molecule has 0 aromatic carbocycles. The number of amides is 1. The Balaban J connectivity index is 2.31. The van der Waals surface area contributed by atoms with E-state index in [1.54, 1.807) is 12.3 Å². The molecular weight excluding hydrogens is 286 g/mol. The van der Waals surface area contributed by atoms with Crippen molar-refractivity contribution in [2.45, 2.75) is 44.7 Å². The highest BCUT2D eigenvalue weighted by Crippen LogP contribution is 2.31. The van der Waals surface area contributed by atoms with E-state index in [1.165, 1.54) is 0 Å². The van der Waals surface area contributed by atoms with Crippen molar-refractivity contribution in [3.8, 4) is 12.3 Å². The number of aromatic nitrogens is 1. The van der Waals surface area contributed by atoms with Gasteiger partial charge in [-0.25, -0.2) is 4.98 Å². The summed E-state index contributed by atoms with van der Waals surface area (Å²) in [6.07, 6.45) is 9.97. The maximum Gasteiger partial charge on any atom is 0.256 e. The average Bonchev–Trinajstić information content (AvgIpc) is 3.31. The zero-order chi connectivity index (χ0) is 15.6. The Kier molecular flexibility index (Phi) is 4.43. The van der Waals surface area contributed by atoms with E-state index in [4.69, 9.17) is 18.0 Å². The van der Waals surface area contributed by atoms with E-state index in [0.29, 0.717) is 28.9 Å². The van der Waals surface area contributed by atoms with Gasteiger partial charge in [-0.1, -0.05) is 24.4 Å². The summed E-state index contributed by atoms with van der Waals surface area (Å²) in [4.78, 5) is 18.9. The molecule has 0 aliphatic heterocycles. The SMILES string of the molecule is C#CC(C)(CC)NC(=O)c1cc(Cl)cnc1N(C)C1CC1. The molecule has 21 heavy (non-hydrogen) atoms. The minimum atomic E-state index is -0.672. The van der Waals surface area contributed by atoms with Gasteiger partial charge in [0, 0.05) is 19.3 Å². The molecular formula is C16H20ClN3O. The number of halogens is 1. The quantitative estimate of drug-likeness (QED) is 0.851. The number of carbonyl (C=O) groups excluding carboxylic acids is 1. The van der Waals surface area contributed by atoms with Crippen LogP contribution in [-0.4, -0.2) is 29.5 Å². The molecule has 0 spiro atoms. The van der Waals surface area contributed by atoms with E-state index < -0.39 is 5.54 Å². The van der Waals surface area contributed by atoms with Crippen LogP contribution in [0.15, 0.2) is 12.3 Å². The van der Waals surface area contributed by atoms with Gasteiger partial charge >= 0.3 is 0 Å². The number of hydrogen-bond acceptors (Lipinski definition) is 3. The average molecular weight is 306 g/mol. The second-order valence-electron chi connectivity index (χ2n) is 5.65. The van der Waals surface area contributed by atoms with Gasteiger partial charge in [-0.15, -0.1) is 6.42 Å². The van der Waals surface area contributed by atoms with Crippen LogP contribution >= 0.6 is 11.6 Å². The molecule has 1 atom stereocenters. The van der Waals surface area contributed by atoms with Gasteiger partial charge < -0.3 is 10.2 Å². The number of anilines is 1. The smallest absolute Gasteiger partial charge is 0.256 e. The minimum absolute atomic E-state index is 0.241. The molecule has 4 nitrogen and oxygen atoms in total. The molecule has 1 saturated carbocycles. The van der Waals surface area contributed by atoms with Crippen molar-refractivity contribution in [2.24, 2.45) is 0 Å². The number of pyridine rings is 1. The first-order chi connectivity index (χ1) is 9.90. The number of nitrogens with one attached hydrogen (secondary N) is 1. The Morgan fingerprint density at radius 1 is 1.67 bits per heavy atom. The summed E-state index contributed by atoms with van der Waals surface area (Å²) in [6, 6.07) is 2.10.